The van der Waals surface area contributed by atoms with Crippen LogP contribution in [0.4, 0.5) is 0 Å². The van der Waals surface area contributed by atoms with Crippen LogP contribution in [0.5, 0.6) is 17.2 Å². The lowest BCUT2D eigenvalue weighted by Crippen LogP contribution is -2.48. The number of carbonyl (C=O) groups is 6. The van der Waals surface area contributed by atoms with Gasteiger partial charge >= 0.3 is 23.9 Å². The minimum absolute atomic E-state index is 0.0382. The molecule has 0 aliphatic carbocycles. The number of piperidine rings is 3. The maximum absolute atomic E-state index is 13.0. The highest BCUT2D eigenvalue weighted by molar-refractivity contribution is 5.95. The predicted octanol–water partition coefficient (Wildman–Crippen LogP) is 14.6. The number of hydrogen-bond acceptors (Lipinski definition) is 15. The van der Waals surface area contributed by atoms with Gasteiger partial charge in [-0.2, -0.15) is 0 Å². The van der Waals surface area contributed by atoms with Gasteiger partial charge in [-0.3, -0.25) is 14.4 Å². The van der Waals surface area contributed by atoms with Crippen LogP contribution in [0.3, 0.4) is 0 Å². The molecule has 3 N–H and O–H groups in total. The molecular formula is C76H79N3O16. The summed E-state index contributed by atoms with van der Waals surface area (Å²) >= 11 is 0. The molecule has 3 aliphatic rings. The molecule has 494 valence electrons. The van der Waals surface area contributed by atoms with E-state index in [0.717, 1.165) is 78.5 Å². The molecule has 3 aromatic heterocycles. The number of amides is 2. The van der Waals surface area contributed by atoms with Gasteiger partial charge in [0.25, 0.3) is 11.8 Å². The smallest absolute Gasteiger partial charge is 0.371 e. The highest BCUT2D eigenvalue weighted by Crippen LogP contribution is 2.29. The number of nitrogens with one attached hydrogen (secondary N) is 1. The van der Waals surface area contributed by atoms with Crippen molar-refractivity contribution in [3.63, 3.8) is 0 Å². The highest BCUT2D eigenvalue weighted by atomic mass is 16.5. The standard InChI is InChI=1S/C26H27NO5.C24H23NO5.C18H14O4.C8H15NO2/c1-2-30-26(29)23-10-6-7-17-27(23)25(28)24-16-15-22(32-24)18-31-21-13-11-20(12-14-21)19-8-4-3-5-9-19;26-23(25-15-5-4-8-21(25)24(27)28)22-14-13-20(30-22)16-29-19-11-9-18(10-12-19)17-6-2-1-3-7-17;19-18(20)17-11-10-16(22-17)12-21-15-8-6-14(7-9-15)13-4-2-1-3-5-13;1-2-11-8(10)7-5-3-4-6-9-7/h3-5,8-9,11-16,23H,2,6-7,10,17-18H2,1H3;1-3,6-7,9-14,21H,4-5,8,15-16H2,(H,27,28);1-11H,12H2,(H,19,20);7,9H,2-6H2,1H3. The third-order valence-corrected chi connectivity index (χ3v) is 15.9. The number of rotatable bonds is 20. The van der Waals surface area contributed by atoms with E-state index in [1.807, 2.05) is 146 Å². The van der Waals surface area contributed by atoms with Gasteiger partial charge in [-0.25, -0.2) is 14.4 Å². The molecule has 19 heteroatoms. The first-order valence-corrected chi connectivity index (χ1v) is 32.1. The van der Waals surface area contributed by atoms with E-state index in [4.69, 9.17) is 42.0 Å². The van der Waals surface area contributed by atoms with Crippen LogP contribution >= 0.6 is 0 Å². The fourth-order valence-electron chi connectivity index (χ4n) is 11.0. The Balaban J connectivity index is 0.000000157. The van der Waals surface area contributed by atoms with Crippen LogP contribution in [0.2, 0.25) is 0 Å². The van der Waals surface area contributed by atoms with E-state index in [2.05, 4.69) is 29.6 Å². The van der Waals surface area contributed by atoms with E-state index >= 15 is 0 Å². The van der Waals surface area contributed by atoms with Crippen LogP contribution in [-0.4, -0.2) is 107 Å². The quantitative estimate of drug-likeness (QED) is 0.0600. The summed E-state index contributed by atoms with van der Waals surface area (Å²) in [5, 5.41) is 21.3. The van der Waals surface area contributed by atoms with E-state index in [1.165, 1.54) is 17.4 Å². The molecule has 0 bridgehead atoms. The molecule has 95 heavy (non-hydrogen) atoms. The maximum Gasteiger partial charge on any atom is 0.371 e. The Labute approximate surface area is 552 Å². The molecule has 12 rings (SSSR count). The molecule has 6 heterocycles. The van der Waals surface area contributed by atoms with E-state index < -0.39 is 24.0 Å². The van der Waals surface area contributed by atoms with Gasteiger partial charge < -0.3 is 62.3 Å². The van der Waals surface area contributed by atoms with Crippen molar-refractivity contribution in [1.82, 2.24) is 15.1 Å². The Hall–Kier alpha value is -10.7. The van der Waals surface area contributed by atoms with Gasteiger partial charge in [0.15, 0.2) is 11.5 Å². The Bertz CT molecular complexity index is 3860. The zero-order chi connectivity index (χ0) is 66.7. The highest BCUT2D eigenvalue weighted by Gasteiger charge is 2.36. The number of esters is 2. The molecule has 0 spiro atoms. The topological polar surface area (TPSA) is 247 Å². The molecule has 0 radical (unpaired) electrons. The van der Waals surface area contributed by atoms with Crippen molar-refractivity contribution in [1.29, 1.82) is 0 Å². The molecule has 6 aromatic carbocycles. The lowest BCUT2D eigenvalue weighted by molar-refractivity contribution is -0.150. The number of nitrogens with zero attached hydrogens (tertiary/aromatic N) is 2. The maximum atomic E-state index is 13.0. The molecule has 3 unspecified atom stereocenters. The predicted molar refractivity (Wildman–Crippen MR) is 356 cm³/mol. The number of furan rings is 3. The van der Waals surface area contributed by atoms with Crippen LogP contribution in [0.25, 0.3) is 33.4 Å². The summed E-state index contributed by atoms with van der Waals surface area (Å²) in [5.74, 6) is 0.725. The summed E-state index contributed by atoms with van der Waals surface area (Å²) < 4.78 is 43.7. The second kappa shape index (κ2) is 35.4. The summed E-state index contributed by atoms with van der Waals surface area (Å²) in [6, 6.07) is 61.9. The van der Waals surface area contributed by atoms with Gasteiger partial charge in [-0.1, -0.05) is 134 Å². The van der Waals surface area contributed by atoms with Gasteiger partial charge in [-0.05, 0) is 178 Å². The number of carboxylic acids is 2. The second-order valence-electron chi connectivity index (χ2n) is 22.5. The molecule has 3 atom stereocenters. The number of ether oxygens (including phenoxy) is 5. The molecule has 3 aliphatic heterocycles. The Kier molecular flexibility index (Phi) is 25.6. The summed E-state index contributed by atoms with van der Waals surface area (Å²) in [4.78, 5) is 74.1. The van der Waals surface area contributed by atoms with Gasteiger partial charge in [0.2, 0.25) is 5.76 Å². The van der Waals surface area contributed by atoms with Gasteiger partial charge in [0.05, 0.1) is 13.2 Å². The fourth-order valence-corrected chi connectivity index (χ4v) is 11.0. The Morgan fingerprint density at radius 2 is 0.768 bits per heavy atom. The van der Waals surface area contributed by atoms with Gasteiger partial charge in [-0.15, -0.1) is 0 Å². The summed E-state index contributed by atoms with van der Waals surface area (Å²) in [5.41, 5.74) is 6.75. The van der Waals surface area contributed by atoms with Crippen molar-refractivity contribution in [3.05, 3.63) is 235 Å². The number of likely N-dealkylation sites (tertiary alicyclic amines) is 2. The van der Waals surface area contributed by atoms with E-state index in [-0.39, 0.29) is 66.9 Å². The average Bonchev–Trinajstić information content (AvgIpc) is 1.97. The lowest BCUT2D eigenvalue weighted by atomic mass is 10.0. The van der Waals surface area contributed by atoms with Crippen LogP contribution < -0.4 is 19.5 Å². The van der Waals surface area contributed by atoms with Gasteiger partial charge in [0, 0.05) is 13.1 Å². The fraction of sp³-hybridized carbons (Fsp3) is 0.289. The summed E-state index contributed by atoms with van der Waals surface area (Å²) in [6.07, 6.45) is 7.68. The first kappa shape index (κ1) is 68.7. The van der Waals surface area contributed by atoms with Crippen molar-refractivity contribution in [3.8, 4) is 50.6 Å². The number of aromatic carboxylic acids is 1. The molecular weight excluding hydrogens is 1210 g/mol. The number of hydrogen-bond donors (Lipinski definition) is 3. The Morgan fingerprint density at radius 3 is 1.14 bits per heavy atom. The molecule has 19 nitrogen and oxygen atoms in total. The minimum Gasteiger partial charge on any atom is -0.486 e. The van der Waals surface area contributed by atoms with E-state index in [1.54, 1.807) is 42.2 Å². The van der Waals surface area contributed by atoms with Crippen molar-refractivity contribution in [2.75, 3.05) is 32.8 Å². The second-order valence-corrected chi connectivity index (χ2v) is 22.5. The summed E-state index contributed by atoms with van der Waals surface area (Å²) in [6.45, 7) is 6.85. The lowest BCUT2D eigenvalue weighted by Gasteiger charge is -2.33. The normalized spacial score (nSPS) is 15.7. The number of carboxylic acid groups (broad SMARTS) is 2. The van der Waals surface area contributed by atoms with Crippen molar-refractivity contribution in [2.24, 2.45) is 0 Å². The first-order chi connectivity index (χ1) is 46.3. The number of carbonyl (C=O) groups excluding carboxylic acids is 4. The van der Waals surface area contributed by atoms with Crippen LogP contribution in [0, 0.1) is 0 Å². The third kappa shape index (κ3) is 20.2. The molecule has 9 aromatic rings. The van der Waals surface area contributed by atoms with E-state index in [0.29, 0.717) is 73.7 Å². The molecule has 3 fully saturated rings. The van der Waals surface area contributed by atoms with Crippen molar-refractivity contribution in [2.45, 2.75) is 110 Å². The number of benzene rings is 6. The third-order valence-electron chi connectivity index (χ3n) is 15.9. The molecule has 2 amide bonds. The Morgan fingerprint density at radius 1 is 0.411 bits per heavy atom. The van der Waals surface area contributed by atoms with Crippen LogP contribution in [-0.2, 0) is 43.7 Å². The molecule has 3 saturated heterocycles. The largest absolute Gasteiger partial charge is 0.486 e. The first-order valence-electron chi connectivity index (χ1n) is 32.1. The SMILES string of the molecule is CCOC(=O)C1CCCCN1.CCOC(=O)C1CCCCN1C(=O)c1ccc(COc2ccc(-c3ccccc3)cc2)o1.O=C(O)C1CCCCN1C(=O)c1ccc(COc2ccc(-c3ccccc3)cc2)o1.O=C(O)c1ccc(COc2ccc(-c3ccccc3)cc2)o1. The van der Waals surface area contributed by atoms with E-state index in [9.17, 15) is 33.9 Å². The minimum atomic E-state index is -1.08. The van der Waals surface area contributed by atoms with Crippen LogP contribution in [0.15, 0.2) is 213 Å². The number of aliphatic carboxylic acids is 1. The van der Waals surface area contributed by atoms with Crippen molar-refractivity contribution >= 4 is 35.7 Å². The van der Waals surface area contributed by atoms with Gasteiger partial charge in [0.1, 0.15) is 72.5 Å². The zero-order valence-corrected chi connectivity index (χ0v) is 53.3. The monoisotopic (exact) mass is 1290 g/mol. The van der Waals surface area contributed by atoms with Crippen molar-refractivity contribution < 1.29 is 75.9 Å². The summed E-state index contributed by atoms with van der Waals surface area (Å²) in [7, 11) is 0. The zero-order valence-electron chi connectivity index (χ0n) is 53.3. The van der Waals surface area contributed by atoms with Crippen LogP contribution in [0.1, 0.15) is 121 Å². The molecule has 0 saturated carbocycles. The average molecular weight is 1290 g/mol.